The summed E-state index contributed by atoms with van der Waals surface area (Å²) in [5, 5.41) is 4.89. The average Bonchev–Trinajstić information content (AvgIpc) is 3.57. The number of ether oxygens (including phenoxy) is 1. The van der Waals surface area contributed by atoms with E-state index in [0.29, 0.717) is 11.8 Å². The third-order valence-corrected chi connectivity index (χ3v) is 9.14. The van der Waals surface area contributed by atoms with E-state index >= 15 is 0 Å². The van der Waals surface area contributed by atoms with Gasteiger partial charge in [-0.25, -0.2) is 9.97 Å². The van der Waals surface area contributed by atoms with Gasteiger partial charge in [0, 0.05) is 54.8 Å². The van der Waals surface area contributed by atoms with Gasteiger partial charge in [0.1, 0.15) is 11.6 Å². The Kier molecular flexibility index (Phi) is 5.79. The van der Waals surface area contributed by atoms with Crippen molar-refractivity contribution < 1.29 is 4.74 Å². The molecule has 0 unspecified atom stereocenters. The van der Waals surface area contributed by atoms with E-state index in [1.54, 1.807) is 0 Å². The fraction of sp³-hybridized carbons (Fsp3) is 0.0811. The highest BCUT2D eigenvalue weighted by molar-refractivity contribution is 7.26. The topological polar surface area (TPSA) is 39.9 Å². The number of pyridine rings is 2. The lowest BCUT2D eigenvalue weighted by atomic mass is 10.0. The van der Waals surface area contributed by atoms with E-state index in [0.717, 1.165) is 39.2 Å². The number of thiophene rings is 1. The molecular formula is C37H27N3OS. The highest BCUT2D eigenvalue weighted by atomic mass is 32.1. The Bertz CT molecular complexity index is 2260. The smallest absolute Gasteiger partial charge is 0.220 e. The average molecular weight is 562 g/mol. The lowest BCUT2D eigenvalue weighted by molar-refractivity contribution is 0.463. The van der Waals surface area contributed by atoms with Crippen molar-refractivity contribution in [3.63, 3.8) is 0 Å². The normalized spacial score (nSPS) is 11.8. The summed E-state index contributed by atoms with van der Waals surface area (Å²) in [6.07, 6.45) is 1.83. The van der Waals surface area contributed by atoms with Crippen LogP contribution in [0.5, 0.6) is 11.6 Å². The van der Waals surface area contributed by atoms with Crippen LogP contribution in [0.2, 0.25) is 0 Å². The molecule has 202 valence electrons. The van der Waals surface area contributed by atoms with Crippen molar-refractivity contribution in [2.75, 3.05) is 0 Å². The molecule has 8 aromatic rings. The van der Waals surface area contributed by atoms with Crippen molar-refractivity contribution in [1.29, 1.82) is 0 Å². The molecule has 4 nitrogen and oxygen atoms in total. The van der Waals surface area contributed by atoms with Gasteiger partial charge in [0.15, 0.2) is 0 Å². The summed E-state index contributed by atoms with van der Waals surface area (Å²) in [7, 11) is 0. The van der Waals surface area contributed by atoms with Crippen LogP contribution < -0.4 is 4.74 Å². The zero-order chi connectivity index (χ0) is 28.2. The van der Waals surface area contributed by atoms with Gasteiger partial charge in [-0.2, -0.15) is 0 Å². The van der Waals surface area contributed by atoms with Crippen LogP contribution in [-0.2, 0) is 0 Å². The lowest BCUT2D eigenvalue weighted by Gasteiger charge is -2.13. The van der Waals surface area contributed by atoms with E-state index in [-0.39, 0.29) is 0 Å². The summed E-state index contributed by atoms with van der Waals surface area (Å²) >= 11 is 1.82. The number of aromatic nitrogens is 3. The number of fused-ring (bicyclic) bond motifs is 6. The number of nitrogens with zero attached hydrogens (tertiary/aromatic N) is 3. The maximum atomic E-state index is 6.56. The van der Waals surface area contributed by atoms with Crippen molar-refractivity contribution in [1.82, 2.24) is 14.5 Å². The molecule has 0 aliphatic carbocycles. The molecule has 4 aromatic carbocycles. The molecule has 0 saturated heterocycles. The summed E-state index contributed by atoms with van der Waals surface area (Å²) in [6, 6.07) is 40.1. The Morgan fingerprint density at radius 1 is 0.690 bits per heavy atom. The van der Waals surface area contributed by atoms with Crippen LogP contribution in [0.3, 0.4) is 0 Å². The van der Waals surface area contributed by atoms with E-state index < -0.39 is 0 Å². The van der Waals surface area contributed by atoms with Crippen LogP contribution in [0.25, 0.3) is 59.1 Å². The van der Waals surface area contributed by atoms with Crippen LogP contribution in [0.1, 0.15) is 25.3 Å². The highest BCUT2D eigenvalue weighted by Gasteiger charge is 2.17. The van der Waals surface area contributed by atoms with Gasteiger partial charge in [-0.1, -0.05) is 74.5 Å². The molecule has 0 N–H and O–H groups in total. The first kappa shape index (κ1) is 24.8. The second kappa shape index (κ2) is 9.82. The molecule has 0 amide bonds. The van der Waals surface area contributed by atoms with Crippen molar-refractivity contribution in [2.24, 2.45) is 0 Å². The van der Waals surface area contributed by atoms with Gasteiger partial charge in [-0.3, -0.25) is 4.57 Å². The molecule has 0 spiro atoms. The van der Waals surface area contributed by atoms with Crippen LogP contribution in [0.15, 0.2) is 121 Å². The fourth-order valence-electron chi connectivity index (χ4n) is 5.87. The van der Waals surface area contributed by atoms with E-state index in [1.807, 2.05) is 41.8 Å². The van der Waals surface area contributed by atoms with Gasteiger partial charge in [-0.15, -0.1) is 11.3 Å². The molecule has 0 aliphatic rings. The first-order valence-corrected chi connectivity index (χ1v) is 15.0. The molecular weight excluding hydrogens is 534 g/mol. The Balaban J connectivity index is 1.27. The van der Waals surface area contributed by atoms with Crippen molar-refractivity contribution >= 4 is 53.3 Å². The van der Waals surface area contributed by atoms with Crippen molar-refractivity contribution in [3.05, 3.63) is 127 Å². The van der Waals surface area contributed by atoms with Crippen LogP contribution in [-0.4, -0.2) is 14.5 Å². The minimum absolute atomic E-state index is 0.324. The molecule has 0 saturated carbocycles. The highest BCUT2D eigenvalue weighted by Crippen LogP contribution is 2.41. The summed E-state index contributed by atoms with van der Waals surface area (Å²) in [5.41, 5.74) is 5.41. The second-order valence-electron chi connectivity index (χ2n) is 10.9. The van der Waals surface area contributed by atoms with E-state index in [1.165, 1.54) is 31.1 Å². The Morgan fingerprint density at radius 2 is 1.48 bits per heavy atom. The zero-order valence-electron chi connectivity index (χ0n) is 23.3. The maximum Gasteiger partial charge on any atom is 0.220 e. The van der Waals surface area contributed by atoms with E-state index in [9.17, 15) is 0 Å². The standard InChI is InChI=1S/C37H27N3OS/c1-23(2)24-20-31(30-13-9-12-29-28-11-4-6-15-34(28)42-37(29)30)39-36(21-24)41-25-17-18-27-26-10-3-5-14-32(26)40(33(27)22-25)35-16-7-8-19-38-35/h3-23H,1-2H3. The summed E-state index contributed by atoms with van der Waals surface area (Å²) in [6.45, 7) is 4.42. The zero-order valence-corrected chi connectivity index (χ0v) is 24.1. The summed E-state index contributed by atoms with van der Waals surface area (Å²) < 4.78 is 11.3. The van der Waals surface area contributed by atoms with Gasteiger partial charge in [0.25, 0.3) is 0 Å². The fourth-order valence-corrected chi connectivity index (χ4v) is 7.09. The van der Waals surface area contributed by atoms with Crippen LogP contribution in [0, 0.1) is 0 Å². The number of para-hydroxylation sites is 1. The molecule has 0 aliphatic heterocycles. The Morgan fingerprint density at radius 3 is 2.33 bits per heavy atom. The van der Waals surface area contributed by atoms with Gasteiger partial charge < -0.3 is 4.74 Å². The first-order valence-electron chi connectivity index (χ1n) is 14.2. The monoisotopic (exact) mass is 561 g/mol. The molecule has 0 bridgehead atoms. The van der Waals surface area contributed by atoms with Gasteiger partial charge in [0.2, 0.25) is 5.88 Å². The SMILES string of the molecule is CC(C)c1cc(Oc2ccc3c4ccccc4n(-c4ccccn4)c3c2)nc(-c2cccc3c2sc2ccccc23)c1. The van der Waals surface area contributed by atoms with E-state index in [4.69, 9.17) is 9.72 Å². The minimum Gasteiger partial charge on any atom is -0.439 e. The number of hydrogen-bond acceptors (Lipinski definition) is 4. The number of benzene rings is 4. The second-order valence-corrected chi connectivity index (χ2v) is 11.9. The molecule has 0 atom stereocenters. The third kappa shape index (κ3) is 4.05. The largest absolute Gasteiger partial charge is 0.439 e. The quantitative estimate of drug-likeness (QED) is 0.210. The minimum atomic E-state index is 0.324. The van der Waals surface area contributed by atoms with Crippen LogP contribution in [0.4, 0.5) is 0 Å². The van der Waals surface area contributed by atoms with Crippen molar-refractivity contribution in [3.8, 4) is 28.7 Å². The molecule has 5 heteroatoms. The Labute approximate surface area is 247 Å². The maximum absolute atomic E-state index is 6.56. The lowest BCUT2D eigenvalue weighted by Crippen LogP contribution is -1.97. The van der Waals surface area contributed by atoms with Crippen molar-refractivity contribution in [2.45, 2.75) is 19.8 Å². The third-order valence-electron chi connectivity index (χ3n) is 7.92. The van der Waals surface area contributed by atoms with Gasteiger partial charge >= 0.3 is 0 Å². The number of hydrogen-bond donors (Lipinski definition) is 0. The summed E-state index contributed by atoms with van der Waals surface area (Å²) in [5.74, 6) is 2.53. The molecule has 0 radical (unpaired) electrons. The molecule has 0 fully saturated rings. The Hall–Kier alpha value is -5.00. The molecule has 4 heterocycles. The molecule has 42 heavy (non-hydrogen) atoms. The number of rotatable bonds is 5. The molecule has 8 rings (SSSR count). The van der Waals surface area contributed by atoms with Gasteiger partial charge in [0.05, 0.1) is 16.7 Å². The summed E-state index contributed by atoms with van der Waals surface area (Å²) in [4.78, 5) is 9.73. The molecule has 4 aromatic heterocycles. The predicted octanol–water partition coefficient (Wildman–Crippen LogP) is 10.5. The van der Waals surface area contributed by atoms with Gasteiger partial charge in [-0.05, 0) is 53.9 Å². The predicted molar refractivity (Wildman–Crippen MR) is 175 cm³/mol. The van der Waals surface area contributed by atoms with Crippen LogP contribution >= 0.6 is 11.3 Å². The van der Waals surface area contributed by atoms with E-state index in [2.05, 4.69) is 114 Å². The first-order chi connectivity index (χ1) is 20.6.